The number of nitrogens with one attached hydrogen (secondary N) is 1. The molecule has 1 aromatic carbocycles. The van der Waals surface area contributed by atoms with Crippen LogP contribution in [0.1, 0.15) is 5.69 Å². The Labute approximate surface area is 128 Å². The summed E-state index contributed by atoms with van der Waals surface area (Å²) in [7, 11) is 1.41. The minimum atomic E-state index is -0.742. The highest BCUT2D eigenvalue weighted by atomic mass is 16.6. The SMILES string of the molecule is COc1nccnc1/C=N\Nc1ccc([N+](=O)[O-])cc1[N+](=O)[O-]. The molecule has 0 spiro atoms. The van der Waals surface area contributed by atoms with Crippen LogP contribution in [0.2, 0.25) is 0 Å². The Balaban J connectivity index is 2.24. The molecule has 0 saturated heterocycles. The summed E-state index contributed by atoms with van der Waals surface area (Å²) in [6, 6.07) is 3.18. The van der Waals surface area contributed by atoms with Crippen LogP contribution in [-0.4, -0.2) is 33.1 Å². The van der Waals surface area contributed by atoms with Crippen LogP contribution in [0.15, 0.2) is 35.7 Å². The summed E-state index contributed by atoms with van der Waals surface area (Å²) in [6.07, 6.45) is 4.12. The Morgan fingerprint density at radius 1 is 1.22 bits per heavy atom. The van der Waals surface area contributed by atoms with Gasteiger partial charge in [0, 0.05) is 18.5 Å². The second-order valence-electron chi connectivity index (χ2n) is 4.04. The van der Waals surface area contributed by atoms with Crippen LogP contribution in [-0.2, 0) is 0 Å². The van der Waals surface area contributed by atoms with Crippen molar-refractivity contribution in [2.45, 2.75) is 0 Å². The number of rotatable bonds is 6. The molecule has 1 N–H and O–H groups in total. The molecule has 2 rings (SSSR count). The van der Waals surface area contributed by atoms with Gasteiger partial charge in [0.15, 0.2) is 0 Å². The molecule has 1 heterocycles. The Morgan fingerprint density at radius 2 is 1.96 bits per heavy atom. The van der Waals surface area contributed by atoms with Crippen molar-refractivity contribution in [3.8, 4) is 5.88 Å². The van der Waals surface area contributed by atoms with Crippen molar-refractivity contribution in [1.29, 1.82) is 0 Å². The lowest BCUT2D eigenvalue weighted by molar-refractivity contribution is -0.393. The molecule has 23 heavy (non-hydrogen) atoms. The molecule has 0 unspecified atom stereocenters. The Morgan fingerprint density at radius 3 is 2.61 bits per heavy atom. The zero-order chi connectivity index (χ0) is 16.8. The third-order valence-corrected chi connectivity index (χ3v) is 2.65. The Hall–Kier alpha value is -3.63. The van der Waals surface area contributed by atoms with Crippen LogP contribution in [0, 0.1) is 20.2 Å². The quantitative estimate of drug-likeness (QED) is 0.481. The number of methoxy groups -OCH3 is 1. The van der Waals surface area contributed by atoms with Gasteiger partial charge in [-0.25, -0.2) is 9.97 Å². The number of hydrogen-bond donors (Lipinski definition) is 1. The van der Waals surface area contributed by atoms with Crippen molar-refractivity contribution in [2.24, 2.45) is 5.10 Å². The van der Waals surface area contributed by atoms with Crippen LogP contribution < -0.4 is 10.2 Å². The molecule has 118 valence electrons. The number of benzene rings is 1. The van der Waals surface area contributed by atoms with E-state index in [0.29, 0.717) is 5.69 Å². The molecule has 2 aromatic rings. The third-order valence-electron chi connectivity index (χ3n) is 2.65. The van der Waals surface area contributed by atoms with Crippen LogP contribution in [0.3, 0.4) is 0 Å². The summed E-state index contributed by atoms with van der Waals surface area (Å²) in [4.78, 5) is 28.1. The standard InChI is InChI=1S/C12H10N6O5/c1-23-12-10(13-4-5-14-12)7-15-16-9-3-2-8(17(19)20)6-11(9)18(21)22/h2-7,16H,1H3/b15-7-. The maximum absolute atomic E-state index is 11.0. The molecule has 0 aliphatic rings. The number of non-ortho nitro benzene ring substituents is 1. The number of hydrazone groups is 1. The fourth-order valence-corrected chi connectivity index (χ4v) is 1.62. The lowest BCUT2D eigenvalue weighted by atomic mass is 10.2. The molecule has 11 nitrogen and oxygen atoms in total. The van der Waals surface area contributed by atoms with Crippen LogP contribution in [0.5, 0.6) is 5.88 Å². The fourth-order valence-electron chi connectivity index (χ4n) is 1.62. The molecule has 0 radical (unpaired) electrons. The van der Waals surface area contributed by atoms with E-state index < -0.39 is 15.5 Å². The summed E-state index contributed by atoms with van der Waals surface area (Å²) >= 11 is 0. The number of nitrogens with zero attached hydrogens (tertiary/aromatic N) is 5. The van der Waals surface area contributed by atoms with E-state index >= 15 is 0 Å². The molecule has 0 bridgehead atoms. The second kappa shape index (κ2) is 6.89. The first-order valence-electron chi connectivity index (χ1n) is 6.10. The van der Waals surface area contributed by atoms with E-state index in [0.717, 1.165) is 12.1 Å². The molecule has 0 atom stereocenters. The minimum absolute atomic E-state index is 0.000271. The first kappa shape index (κ1) is 15.8. The van der Waals surface area contributed by atoms with E-state index in [-0.39, 0.29) is 17.3 Å². The average Bonchev–Trinajstić information content (AvgIpc) is 2.55. The number of nitro benzene ring substituents is 2. The molecular weight excluding hydrogens is 308 g/mol. The zero-order valence-electron chi connectivity index (χ0n) is 11.7. The number of anilines is 1. The fraction of sp³-hybridized carbons (Fsp3) is 0.0833. The summed E-state index contributed by atoms with van der Waals surface area (Å²) in [6.45, 7) is 0. The van der Waals surface area contributed by atoms with Crippen molar-refractivity contribution < 1.29 is 14.6 Å². The molecule has 0 saturated carbocycles. The highest BCUT2D eigenvalue weighted by molar-refractivity contribution is 5.80. The van der Waals surface area contributed by atoms with Crippen LogP contribution in [0.25, 0.3) is 0 Å². The molecular formula is C12H10N6O5. The van der Waals surface area contributed by atoms with E-state index in [4.69, 9.17) is 4.74 Å². The molecule has 1 aromatic heterocycles. The number of aromatic nitrogens is 2. The van der Waals surface area contributed by atoms with Gasteiger partial charge in [-0.3, -0.25) is 25.7 Å². The highest BCUT2D eigenvalue weighted by Crippen LogP contribution is 2.28. The van der Waals surface area contributed by atoms with Gasteiger partial charge in [0.1, 0.15) is 11.4 Å². The predicted octanol–water partition coefficient (Wildman–Crippen LogP) is 1.75. The smallest absolute Gasteiger partial charge is 0.301 e. The second-order valence-corrected chi connectivity index (χ2v) is 4.04. The molecule has 0 fully saturated rings. The lowest BCUT2D eigenvalue weighted by Crippen LogP contribution is -2.00. The van der Waals surface area contributed by atoms with Gasteiger partial charge in [-0.2, -0.15) is 5.10 Å². The molecule has 11 heteroatoms. The highest BCUT2D eigenvalue weighted by Gasteiger charge is 2.19. The largest absolute Gasteiger partial charge is 0.479 e. The maximum atomic E-state index is 11.0. The van der Waals surface area contributed by atoms with Crippen molar-refractivity contribution in [2.75, 3.05) is 12.5 Å². The van der Waals surface area contributed by atoms with Crippen molar-refractivity contribution in [3.05, 3.63) is 56.5 Å². The van der Waals surface area contributed by atoms with Gasteiger partial charge >= 0.3 is 5.69 Å². The van der Waals surface area contributed by atoms with E-state index in [1.54, 1.807) is 0 Å². The van der Waals surface area contributed by atoms with Gasteiger partial charge in [-0.15, -0.1) is 0 Å². The summed E-state index contributed by atoms with van der Waals surface area (Å²) in [5.41, 5.74) is 1.90. The van der Waals surface area contributed by atoms with Crippen molar-refractivity contribution >= 4 is 23.3 Å². The topological polar surface area (TPSA) is 146 Å². The van der Waals surface area contributed by atoms with Gasteiger partial charge in [0.05, 0.1) is 29.2 Å². The summed E-state index contributed by atoms with van der Waals surface area (Å²) in [5, 5.41) is 25.4. The number of hydrogen-bond acceptors (Lipinski definition) is 9. The third kappa shape index (κ3) is 3.72. The van der Waals surface area contributed by atoms with Gasteiger partial charge in [0.25, 0.3) is 5.69 Å². The summed E-state index contributed by atoms with van der Waals surface area (Å²) < 4.78 is 4.98. The Kier molecular flexibility index (Phi) is 4.72. The van der Waals surface area contributed by atoms with Gasteiger partial charge in [-0.05, 0) is 6.07 Å². The maximum Gasteiger partial charge on any atom is 0.301 e. The lowest BCUT2D eigenvalue weighted by Gasteiger charge is -2.03. The first-order valence-corrected chi connectivity index (χ1v) is 6.10. The Bertz CT molecular complexity index is 778. The van der Waals surface area contributed by atoms with Gasteiger partial charge in [-0.1, -0.05) is 0 Å². The van der Waals surface area contributed by atoms with Crippen LogP contribution >= 0.6 is 0 Å². The zero-order valence-corrected chi connectivity index (χ0v) is 11.7. The predicted molar refractivity (Wildman–Crippen MR) is 79.6 cm³/mol. The first-order chi connectivity index (χ1) is 11.0. The molecule has 0 aliphatic heterocycles. The molecule has 0 aliphatic carbocycles. The van der Waals surface area contributed by atoms with Crippen molar-refractivity contribution in [3.63, 3.8) is 0 Å². The van der Waals surface area contributed by atoms with Crippen molar-refractivity contribution in [1.82, 2.24) is 9.97 Å². The summed E-state index contributed by atoms with van der Waals surface area (Å²) in [5.74, 6) is 0.233. The van der Waals surface area contributed by atoms with E-state index in [1.807, 2.05) is 0 Å². The minimum Gasteiger partial charge on any atom is -0.479 e. The normalized spacial score (nSPS) is 10.5. The van der Waals surface area contributed by atoms with E-state index in [9.17, 15) is 20.2 Å². The van der Waals surface area contributed by atoms with E-state index in [2.05, 4.69) is 20.5 Å². The van der Waals surface area contributed by atoms with E-state index in [1.165, 1.54) is 31.8 Å². The molecule has 0 amide bonds. The monoisotopic (exact) mass is 318 g/mol. The number of nitro groups is 2. The van der Waals surface area contributed by atoms with Gasteiger partial charge < -0.3 is 4.74 Å². The average molecular weight is 318 g/mol. The van der Waals surface area contributed by atoms with Crippen LogP contribution in [0.4, 0.5) is 17.1 Å². The number of ether oxygens (including phenoxy) is 1. The van der Waals surface area contributed by atoms with Gasteiger partial charge in [0.2, 0.25) is 5.88 Å².